The molecule has 3 N–H and O–H groups in total. The van der Waals surface area contributed by atoms with Crippen LogP contribution in [0.15, 0.2) is 36.4 Å². The zero-order valence-corrected chi connectivity index (χ0v) is 20.8. The second kappa shape index (κ2) is 10.4. The number of pyridine rings is 1. The number of alkyl halides is 6. The Morgan fingerprint density at radius 3 is 2.28 bits per heavy atom. The number of H-pyrrole nitrogens is 1. The molecule has 7 nitrogen and oxygen atoms in total. The monoisotopic (exact) mass is 595 g/mol. The average molecular weight is 596 g/mol. The van der Waals surface area contributed by atoms with Crippen LogP contribution in [0.4, 0.5) is 48.2 Å². The number of aromatic nitrogens is 3. The van der Waals surface area contributed by atoms with E-state index in [1.54, 1.807) is 0 Å². The van der Waals surface area contributed by atoms with Gasteiger partial charge in [-0.3, -0.25) is 4.79 Å². The molecule has 2 aromatic heterocycles. The summed E-state index contributed by atoms with van der Waals surface area (Å²) in [4.78, 5) is 23.2. The Morgan fingerprint density at radius 1 is 1.00 bits per heavy atom. The van der Waals surface area contributed by atoms with Crippen LogP contribution in [0.2, 0.25) is 10.0 Å². The van der Waals surface area contributed by atoms with Crippen molar-refractivity contribution >= 4 is 57.6 Å². The molecule has 0 unspecified atom stereocenters. The van der Waals surface area contributed by atoms with Gasteiger partial charge in [0.1, 0.15) is 23.1 Å². The van der Waals surface area contributed by atoms with Gasteiger partial charge in [0.15, 0.2) is 6.61 Å². The minimum atomic E-state index is -4.81. The summed E-state index contributed by atoms with van der Waals surface area (Å²) in [6.07, 6.45) is -9.57. The number of hydrogen-bond donors (Lipinski definition) is 3. The number of aromatic amines is 1. The number of carbonyl (C=O) groups is 1. The summed E-state index contributed by atoms with van der Waals surface area (Å²) in [5.74, 6) is -2.88. The molecule has 0 fully saturated rings. The Hall–Kier alpha value is -3.78. The number of hydrogen-bond acceptors (Lipinski definition) is 5. The van der Waals surface area contributed by atoms with Crippen molar-refractivity contribution in [2.45, 2.75) is 19.3 Å². The molecule has 16 heteroatoms. The Labute approximate surface area is 224 Å². The largest absolute Gasteiger partial charge is 0.483 e. The summed E-state index contributed by atoms with van der Waals surface area (Å²) in [7, 11) is 0. The van der Waals surface area contributed by atoms with E-state index in [9.17, 15) is 35.5 Å². The number of rotatable bonds is 6. The van der Waals surface area contributed by atoms with Crippen LogP contribution in [-0.4, -0.2) is 33.6 Å². The molecule has 0 bridgehead atoms. The number of amides is 1. The van der Waals surface area contributed by atoms with Crippen molar-refractivity contribution in [2.24, 2.45) is 0 Å². The highest BCUT2D eigenvalue weighted by atomic mass is 35.5. The number of halogens is 9. The molecule has 0 atom stereocenters. The summed E-state index contributed by atoms with van der Waals surface area (Å²) in [6, 6.07) is 5.98. The summed E-state index contributed by atoms with van der Waals surface area (Å²) in [5.41, 5.74) is -1.41. The van der Waals surface area contributed by atoms with E-state index in [0.29, 0.717) is 0 Å². The molecule has 4 rings (SSSR count). The summed E-state index contributed by atoms with van der Waals surface area (Å²) in [6.45, 7) is -0.422. The fourth-order valence-electron chi connectivity index (χ4n) is 3.39. The first kappa shape index (κ1) is 28.2. The SMILES string of the molecule is Cc1cc(NC(=O)c2cc3nc(Nc4c(Cl)cc(F)cc4Cl)[nH]c3cc2OCC(F)(F)F)nc(C(F)(F)F)c1. The first-order valence-electron chi connectivity index (χ1n) is 10.6. The highest BCUT2D eigenvalue weighted by Crippen LogP contribution is 2.35. The van der Waals surface area contributed by atoms with Crippen LogP contribution in [0.25, 0.3) is 11.0 Å². The number of imidazole rings is 1. The fraction of sp³-hybridized carbons (Fsp3) is 0.174. The normalized spacial score (nSPS) is 12.1. The second-order valence-corrected chi connectivity index (χ2v) is 8.91. The minimum Gasteiger partial charge on any atom is -0.483 e. The van der Waals surface area contributed by atoms with Crippen LogP contribution in [0, 0.1) is 12.7 Å². The van der Waals surface area contributed by atoms with Gasteiger partial charge in [-0.2, -0.15) is 26.3 Å². The molecule has 0 aliphatic carbocycles. The van der Waals surface area contributed by atoms with E-state index < -0.39 is 53.5 Å². The summed E-state index contributed by atoms with van der Waals surface area (Å²) >= 11 is 12.0. The third-order valence-electron chi connectivity index (χ3n) is 4.97. The van der Waals surface area contributed by atoms with Gasteiger partial charge in [0.25, 0.3) is 5.91 Å². The fourth-order valence-corrected chi connectivity index (χ4v) is 3.95. The van der Waals surface area contributed by atoms with E-state index in [1.807, 2.05) is 0 Å². The van der Waals surface area contributed by atoms with Gasteiger partial charge in [0.2, 0.25) is 5.95 Å². The highest BCUT2D eigenvalue weighted by Gasteiger charge is 2.33. The number of ether oxygens (including phenoxy) is 1. The van der Waals surface area contributed by atoms with Crippen molar-refractivity contribution < 1.29 is 40.3 Å². The first-order valence-corrected chi connectivity index (χ1v) is 11.4. The van der Waals surface area contributed by atoms with E-state index in [4.69, 9.17) is 27.9 Å². The van der Waals surface area contributed by atoms with Gasteiger partial charge in [0.05, 0.1) is 32.3 Å². The van der Waals surface area contributed by atoms with E-state index in [2.05, 4.69) is 25.6 Å². The minimum absolute atomic E-state index is 0.0325. The lowest BCUT2D eigenvalue weighted by molar-refractivity contribution is -0.153. The van der Waals surface area contributed by atoms with E-state index >= 15 is 0 Å². The van der Waals surface area contributed by atoms with Crippen molar-refractivity contribution in [3.8, 4) is 5.75 Å². The lowest BCUT2D eigenvalue weighted by Crippen LogP contribution is -2.21. The molecule has 2 heterocycles. The molecule has 0 radical (unpaired) electrons. The topological polar surface area (TPSA) is 91.9 Å². The zero-order chi connectivity index (χ0) is 28.7. The molecule has 0 spiro atoms. The maximum atomic E-state index is 13.5. The van der Waals surface area contributed by atoms with Crippen molar-refractivity contribution in [1.29, 1.82) is 0 Å². The molecule has 0 saturated carbocycles. The maximum absolute atomic E-state index is 13.5. The molecule has 206 valence electrons. The quantitative estimate of drug-likeness (QED) is 0.199. The van der Waals surface area contributed by atoms with Gasteiger partial charge in [-0.25, -0.2) is 14.4 Å². The Bertz CT molecular complexity index is 1550. The van der Waals surface area contributed by atoms with Gasteiger partial charge in [-0.15, -0.1) is 0 Å². The molecule has 39 heavy (non-hydrogen) atoms. The molecule has 0 aliphatic rings. The number of fused-ring (bicyclic) bond motifs is 1. The van der Waals surface area contributed by atoms with E-state index in [1.165, 1.54) is 6.92 Å². The van der Waals surface area contributed by atoms with Crippen LogP contribution in [0.5, 0.6) is 5.75 Å². The van der Waals surface area contributed by atoms with Gasteiger partial charge < -0.3 is 20.4 Å². The Kier molecular flexibility index (Phi) is 7.54. The van der Waals surface area contributed by atoms with E-state index in [0.717, 1.165) is 36.4 Å². The third kappa shape index (κ3) is 6.81. The predicted molar refractivity (Wildman–Crippen MR) is 129 cm³/mol. The van der Waals surface area contributed by atoms with Crippen molar-refractivity contribution in [1.82, 2.24) is 15.0 Å². The second-order valence-electron chi connectivity index (χ2n) is 8.09. The molecule has 4 aromatic rings. The average Bonchev–Trinajstić information content (AvgIpc) is 3.19. The maximum Gasteiger partial charge on any atom is 0.433 e. The lowest BCUT2D eigenvalue weighted by atomic mass is 10.1. The number of aryl methyl sites for hydroxylation is 1. The standard InChI is InChI=1S/C23H14Cl2F7N5O2/c1-9-2-17(23(30,31)32)35-18(3-9)36-20(38)11-6-14-15(7-16(11)39-8-22(27,28)29)34-21(33-14)37-19-12(24)4-10(26)5-13(19)25/h2-7H,8H2,1H3,(H2,33,34,37)(H,35,36,38). The van der Waals surface area contributed by atoms with Crippen LogP contribution >= 0.6 is 23.2 Å². The van der Waals surface area contributed by atoms with Crippen molar-refractivity contribution in [2.75, 3.05) is 17.2 Å². The van der Waals surface area contributed by atoms with Crippen LogP contribution < -0.4 is 15.4 Å². The summed E-state index contributed by atoms with van der Waals surface area (Å²) < 4.78 is 96.3. The lowest BCUT2D eigenvalue weighted by Gasteiger charge is -2.14. The van der Waals surface area contributed by atoms with Crippen molar-refractivity contribution in [3.05, 3.63) is 69.1 Å². The summed E-state index contributed by atoms with van der Waals surface area (Å²) in [5, 5.41) is 4.66. The number of nitrogens with zero attached hydrogens (tertiary/aromatic N) is 2. The van der Waals surface area contributed by atoms with Crippen LogP contribution in [-0.2, 0) is 6.18 Å². The predicted octanol–water partition coefficient (Wildman–Crippen LogP) is 7.67. The molecule has 0 saturated heterocycles. The van der Waals surface area contributed by atoms with Gasteiger partial charge in [-0.1, -0.05) is 23.2 Å². The number of nitrogens with one attached hydrogen (secondary N) is 3. The van der Waals surface area contributed by atoms with Crippen LogP contribution in [0.1, 0.15) is 21.6 Å². The molecule has 2 aromatic carbocycles. The van der Waals surface area contributed by atoms with E-state index in [-0.39, 0.29) is 38.3 Å². The zero-order valence-electron chi connectivity index (χ0n) is 19.3. The van der Waals surface area contributed by atoms with Gasteiger partial charge in [0, 0.05) is 6.07 Å². The van der Waals surface area contributed by atoms with Crippen molar-refractivity contribution in [3.63, 3.8) is 0 Å². The smallest absolute Gasteiger partial charge is 0.433 e. The Balaban J connectivity index is 1.72. The molecule has 1 amide bonds. The van der Waals surface area contributed by atoms with Gasteiger partial charge in [-0.05, 0) is 42.8 Å². The molecular formula is C23H14Cl2F7N5O2. The number of anilines is 3. The van der Waals surface area contributed by atoms with Gasteiger partial charge >= 0.3 is 12.4 Å². The molecular weight excluding hydrogens is 582 g/mol. The number of benzene rings is 2. The highest BCUT2D eigenvalue weighted by molar-refractivity contribution is 6.39. The third-order valence-corrected chi connectivity index (χ3v) is 5.57. The Morgan fingerprint density at radius 2 is 1.67 bits per heavy atom. The number of carbonyl (C=O) groups excluding carboxylic acids is 1. The molecule has 0 aliphatic heterocycles. The van der Waals surface area contributed by atoms with Crippen LogP contribution in [0.3, 0.4) is 0 Å². The first-order chi connectivity index (χ1) is 18.1.